The van der Waals surface area contributed by atoms with E-state index in [-0.39, 0.29) is 0 Å². The smallest absolute Gasteiger partial charge is 0.0548 e. The first kappa shape index (κ1) is 19.5. The summed E-state index contributed by atoms with van der Waals surface area (Å²) in [5.41, 5.74) is 8.47. The van der Waals surface area contributed by atoms with Crippen molar-refractivity contribution in [3.8, 4) is 16.8 Å². The van der Waals surface area contributed by atoms with E-state index in [1.807, 2.05) is 0 Å². The molecule has 0 saturated carbocycles. The van der Waals surface area contributed by atoms with Crippen molar-refractivity contribution in [3.05, 3.63) is 127 Å². The normalized spacial score (nSPS) is 11.9. The fraction of sp³-hybridized carbons (Fsp3) is 0. The number of fused-ring (bicyclic) bond motifs is 9. The fourth-order valence-corrected chi connectivity index (χ4v) is 6.02. The largest absolute Gasteiger partial charge is 0.354 e. The number of benzene rings is 6. The molecule has 2 nitrogen and oxygen atoms in total. The molecule has 0 aliphatic heterocycles. The minimum absolute atomic E-state index is 1.17. The Morgan fingerprint density at radius 1 is 0.444 bits per heavy atom. The maximum Gasteiger partial charge on any atom is 0.0548 e. The number of rotatable bonds is 2. The molecule has 0 amide bonds. The number of aromatic amines is 1. The van der Waals surface area contributed by atoms with Crippen molar-refractivity contribution in [2.75, 3.05) is 0 Å². The van der Waals surface area contributed by atoms with Crippen LogP contribution in [0.1, 0.15) is 0 Å². The van der Waals surface area contributed by atoms with Crippen LogP contribution in [0.25, 0.3) is 71.2 Å². The highest BCUT2D eigenvalue weighted by atomic mass is 15.0. The molecular formula is C34H22N2. The topological polar surface area (TPSA) is 20.7 Å². The SMILES string of the molecule is c1ccc(-c2cc3[nH]c4ccc5c(c6ccccc6n5-c5ccccc5)c4c3c3ccccc23)cc1. The van der Waals surface area contributed by atoms with E-state index in [1.54, 1.807) is 0 Å². The average molecular weight is 459 g/mol. The molecule has 0 atom stereocenters. The van der Waals surface area contributed by atoms with Crippen molar-refractivity contribution in [3.63, 3.8) is 0 Å². The molecule has 2 heterocycles. The lowest BCUT2D eigenvalue weighted by Crippen LogP contribution is -1.92. The minimum atomic E-state index is 1.17. The van der Waals surface area contributed by atoms with Gasteiger partial charge in [0, 0.05) is 38.3 Å². The highest BCUT2D eigenvalue weighted by Crippen LogP contribution is 2.43. The number of nitrogens with zero attached hydrogens (tertiary/aromatic N) is 1. The maximum atomic E-state index is 3.78. The third kappa shape index (κ3) is 2.61. The Labute approximate surface area is 208 Å². The minimum Gasteiger partial charge on any atom is -0.354 e. The summed E-state index contributed by atoms with van der Waals surface area (Å²) in [4.78, 5) is 3.78. The van der Waals surface area contributed by atoms with Gasteiger partial charge in [-0.3, -0.25) is 0 Å². The lowest BCUT2D eigenvalue weighted by molar-refractivity contribution is 1.18. The first-order valence-corrected chi connectivity index (χ1v) is 12.4. The summed E-state index contributed by atoms with van der Waals surface area (Å²) in [6.07, 6.45) is 0. The summed E-state index contributed by atoms with van der Waals surface area (Å²) in [5, 5.41) is 7.73. The molecule has 0 bridgehead atoms. The van der Waals surface area contributed by atoms with Gasteiger partial charge in [0.1, 0.15) is 0 Å². The standard InChI is InChI=1S/C34H22N2/c1-3-11-22(12-4-1)27-21-29-32(25-16-8-7-15-24(25)27)34-28(35-29)19-20-31-33(34)26-17-9-10-18-30(26)36(31)23-13-5-2-6-14-23/h1-21,35H. The second kappa shape index (κ2) is 7.34. The summed E-state index contributed by atoms with van der Waals surface area (Å²) in [6.45, 7) is 0. The quantitative estimate of drug-likeness (QED) is 0.266. The van der Waals surface area contributed by atoms with Gasteiger partial charge in [0.25, 0.3) is 0 Å². The van der Waals surface area contributed by atoms with Crippen LogP contribution in [0.2, 0.25) is 0 Å². The molecule has 0 aliphatic carbocycles. The summed E-state index contributed by atoms with van der Waals surface area (Å²) in [5.74, 6) is 0. The van der Waals surface area contributed by atoms with Crippen LogP contribution in [0.3, 0.4) is 0 Å². The molecule has 0 saturated heterocycles. The molecule has 2 heteroatoms. The molecule has 0 spiro atoms. The number of aromatic nitrogens is 2. The van der Waals surface area contributed by atoms with Crippen molar-refractivity contribution in [1.82, 2.24) is 9.55 Å². The van der Waals surface area contributed by atoms with E-state index in [2.05, 4.69) is 137 Å². The van der Waals surface area contributed by atoms with Gasteiger partial charge < -0.3 is 9.55 Å². The molecule has 6 aromatic carbocycles. The van der Waals surface area contributed by atoms with E-state index in [0.717, 1.165) is 0 Å². The summed E-state index contributed by atoms with van der Waals surface area (Å²) >= 11 is 0. The van der Waals surface area contributed by atoms with Gasteiger partial charge in [0.15, 0.2) is 0 Å². The number of para-hydroxylation sites is 2. The van der Waals surface area contributed by atoms with Gasteiger partial charge in [-0.2, -0.15) is 0 Å². The van der Waals surface area contributed by atoms with Gasteiger partial charge in [0.05, 0.1) is 11.0 Å². The van der Waals surface area contributed by atoms with Crippen molar-refractivity contribution in [2.24, 2.45) is 0 Å². The van der Waals surface area contributed by atoms with Crippen LogP contribution >= 0.6 is 0 Å². The lowest BCUT2D eigenvalue weighted by Gasteiger charge is -2.09. The summed E-state index contributed by atoms with van der Waals surface area (Å²) in [7, 11) is 0. The highest BCUT2D eigenvalue weighted by Gasteiger charge is 2.19. The fourth-order valence-electron chi connectivity index (χ4n) is 6.02. The molecule has 36 heavy (non-hydrogen) atoms. The van der Waals surface area contributed by atoms with Crippen molar-refractivity contribution in [1.29, 1.82) is 0 Å². The third-order valence-electron chi connectivity index (χ3n) is 7.50. The third-order valence-corrected chi connectivity index (χ3v) is 7.50. The van der Waals surface area contributed by atoms with E-state index in [0.29, 0.717) is 0 Å². The van der Waals surface area contributed by atoms with E-state index in [4.69, 9.17) is 0 Å². The first-order chi connectivity index (χ1) is 17.9. The second-order valence-corrected chi connectivity index (χ2v) is 9.45. The molecule has 0 aliphatic rings. The maximum absolute atomic E-state index is 3.78. The number of hydrogen-bond donors (Lipinski definition) is 1. The van der Waals surface area contributed by atoms with Crippen LogP contribution in [0.4, 0.5) is 0 Å². The molecule has 1 N–H and O–H groups in total. The predicted molar refractivity (Wildman–Crippen MR) is 153 cm³/mol. The molecule has 8 rings (SSSR count). The Morgan fingerprint density at radius 2 is 1.11 bits per heavy atom. The van der Waals surface area contributed by atoms with E-state index < -0.39 is 0 Å². The first-order valence-electron chi connectivity index (χ1n) is 12.4. The predicted octanol–water partition coefficient (Wildman–Crippen LogP) is 9.24. The van der Waals surface area contributed by atoms with Crippen LogP contribution in [-0.2, 0) is 0 Å². The average Bonchev–Trinajstić information content (AvgIpc) is 3.49. The van der Waals surface area contributed by atoms with Crippen LogP contribution in [-0.4, -0.2) is 9.55 Å². The molecule has 0 fully saturated rings. The molecule has 0 unspecified atom stereocenters. The van der Waals surface area contributed by atoms with Crippen LogP contribution < -0.4 is 0 Å². The Kier molecular flexibility index (Phi) is 3.97. The Hall–Kier alpha value is -4.82. The van der Waals surface area contributed by atoms with Crippen LogP contribution in [0.5, 0.6) is 0 Å². The molecule has 168 valence electrons. The lowest BCUT2D eigenvalue weighted by atomic mass is 9.94. The van der Waals surface area contributed by atoms with Gasteiger partial charge >= 0.3 is 0 Å². The Bertz CT molecular complexity index is 2080. The van der Waals surface area contributed by atoms with Crippen LogP contribution in [0.15, 0.2) is 127 Å². The van der Waals surface area contributed by atoms with E-state index in [9.17, 15) is 0 Å². The van der Waals surface area contributed by atoms with Gasteiger partial charge in [-0.05, 0) is 58.3 Å². The van der Waals surface area contributed by atoms with Crippen LogP contribution in [0, 0.1) is 0 Å². The number of hydrogen-bond acceptors (Lipinski definition) is 0. The summed E-state index contributed by atoms with van der Waals surface area (Å²) in [6, 6.07) is 45.8. The van der Waals surface area contributed by atoms with Crippen molar-refractivity contribution in [2.45, 2.75) is 0 Å². The molecule has 8 aromatic rings. The Balaban J connectivity index is 1.60. The van der Waals surface area contributed by atoms with Crippen molar-refractivity contribution < 1.29 is 0 Å². The van der Waals surface area contributed by atoms with E-state index >= 15 is 0 Å². The number of H-pyrrole nitrogens is 1. The molecular weight excluding hydrogens is 436 g/mol. The summed E-state index contributed by atoms with van der Waals surface area (Å²) < 4.78 is 2.39. The zero-order chi connectivity index (χ0) is 23.6. The zero-order valence-corrected chi connectivity index (χ0v) is 19.6. The van der Waals surface area contributed by atoms with Gasteiger partial charge in [-0.25, -0.2) is 0 Å². The Morgan fingerprint density at radius 3 is 1.92 bits per heavy atom. The number of nitrogens with one attached hydrogen (secondary N) is 1. The van der Waals surface area contributed by atoms with E-state index in [1.165, 1.54) is 71.2 Å². The highest BCUT2D eigenvalue weighted by molar-refractivity contribution is 6.33. The molecule has 2 aromatic heterocycles. The second-order valence-electron chi connectivity index (χ2n) is 9.45. The zero-order valence-electron chi connectivity index (χ0n) is 19.6. The van der Waals surface area contributed by atoms with Gasteiger partial charge in [-0.15, -0.1) is 0 Å². The molecule has 0 radical (unpaired) electrons. The van der Waals surface area contributed by atoms with Crippen molar-refractivity contribution >= 4 is 54.4 Å². The van der Waals surface area contributed by atoms with Gasteiger partial charge in [0.2, 0.25) is 0 Å². The monoisotopic (exact) mass is 458 g/mol. The van der Waals surface area contributed by atoms with Gasteiger partial charge in [-0.1, -0.05) is 91.0 Å².